The Morgan fingerprint density at radius 2 is 1.95 bits per heavy atom. The Bertz CT molecular complexity index is 662. The number of methoxy groups -OCH3 is 1. The normalized spacial score (nSPS) is 10.0. The van der Waals surface area contributed by atoms with Gasteiger partial charge in [-0.05, 0) is 48.5 Å². The highest BCUT2D eigenvalue weighted by Crippen LogP contribution is 2.24. The number of hydrogen-bond acceptors (Lipinski definition) is 4. The van der Waals surface area contributed by atoms with Crippen LogP contribution in [0.5, 0.6) is 17.2 Å². The standard InChI is InChI=1S/C16H18N2O3S/c1-21-13-4-2-3-12(10-13)18-16(22)17-8-7-11-5-6-14(19)15(20)9-11/h2-6,9-10,19-20H,7-8H2,1H3,(H2,17,18,22). The van der Waals surface area contributed by atoms with Crippen molar-refractivity contribution in [1.82, 2.24) is 5.32 Å². The van der Waals surface area contributed by atoms with E-state index in [0.29, 0.717) is 18.1 Å². The molecule has 0 saturated heterocycles. The largest absolute Gasteiger partial charge is 0.504 e. The van der Waals surface area contributed by atoms with E-state index in [-0.39, 0.29) is 11.5 Å². The number of hydrogen-bond donors (Lipinski definition) is 4. The molecule has 116 valence electrons. The van der Waals surface area contributed by atoms with Gasteiger partial charge in [0.25, 0.3) is 0 Å². The molecule has 2 aromatic carbocycles. The fourth-order valence-corrected chi connectivity index (χ4v) is 2.14. The minimum Gasteiger partial charge on any atom is -0.504 e. The SMILES string of the molecule is COc1cccc(NC(=S)NCCc2ccc(O)c(O)c2)c1. The van der Waals surface area contributed by atoms with Gasteiger partial charge in [-0.25, -0.2) is 0 Å². The second-order valence-electron chi connectivity index (χ2n) is 4.69. The third kappa shape index (κ3) is 4.53. The molecular formula is C16H18N2O3S. The van der Waals surface area contributed by atoms with Gasteiger partial charge in [0.15, 0.2) is 16.6 Å². The first kappa shape index (κ1) is 15.9. The molecule has 5 nitrogen and oxygen atoms in total. The number of benzene rings is 2. The van der Waals surface area contributed by atoms with Crippen LogP contribution in [0, 0.1) is 0 Å². The van der Waals surface area contributed by atoms with Gasteiger partial charge in [0.2, 0.25) is 0 Å². The molecule has 0 amide bonds. The average molecular weight is 318 g/mol. The molecule has 0 aliphatic heterocycles. The maximum Gasteiger partial charge on any atom is 0.170 e. The van der Waals surface area contributed by atoms with Crippen molar-refractivity contribution in [3.05, 3.63) is 48.0 Å². The number of rotatable bonds is 5. The van der Waals surface area contributed by atoms with Crippen molar-refractivity contribution in [1.29, 1.82) is 0 Å². The Kier molecular flexibility index (Phi) is 5.43. The van der Waals surface area contributed by atoms with Crippen molar-refractivity contribution in [2.75, 3.05) is 19.0 Å². The van der Waals surface area contributed by atoms with E-state index in [4.69, 9.17) is 17.0 Å². The van der Waals surface area contributed by atoms with E-state index in [9.17, 15) is 10.2 Å². The van der Waals surface area contributed by atoms with Crippen LogP contribution >= 0.6 is 12.2 Å². The van der Waals surface area contributed by atoms with Crippen molar-refractivity contribution in [3.63, 3.8) is 0 Å². The van der Waals surface area contributed by atoms with Crippen LogP contribution in [-0.2, 0) is 6.42 Å². The summed E-state index contributed by atoms with van der Waals surface area (Å²) < 4.78 is 5.15. The lowest BCUT2D eigenvalue weighted by atomic mass is 10.1. The molecule has 0 fully saturated rings. The highest BCUT2D eigenvalue weighted by Gasteiger charge is 2.02. The van der Waals surface area contributed by atoms with Crippen LogP contribution in [0.1, 0.15) is 5.56 Å². The van der Waals surface area contributed by atoms with E-state index in [1.807, 2.05) is 24.3 Å². The molecule has 4 N–H and O–H groups in total. The first-order valence-electron chi connectivity index (χ1n) is 6.78. The van der Waals surface area contributed by atoms with Crippen molar-refractivity contribution in [2.45, 2.75) is 6.42 Å². The molecule has 0 saturated carbocycles. The summed E-state index contributed by atoms with van der Waals surface area (Å²) in [5.41, 5.74) is 1.76. The van der Waals surface area contributed by atoms with Crippen LogP contribution in [0.25, 0.3) is 0 Å². The second-order valence-corrected chi connectivity index (χ2v) is 5.09. The van der Waals surface area contributed by atoms with E-state index >= 15 is 0 Å². The molecule has 0 unspecified atom stereocenters. The van der Waals surface area contributed by atoms with Crippen molar-refractivity contribution >= 4 is 23.0 Å². The lowest BCUT2D eigenvalue weighted by Crippen LogP contribution is -2.30. The van der Waals surface area contributed by atoms with E-state index in [2.05, 4.69) is 10.6 Å². The number of aromatic hydroxyl groups is 2. The van der Waals surface area contributed by atoms with Crippen LogP contribution in [0.3, 0.4) is 0 Å². The minimum atomic E-state index is -0.119. The third-order valence-corrected chi connectivity index (χ3v) is 3.31. The zero-order chi connectivity index (χ0) is 15.9. The summed E-state index contributed by atoms with van der Waals surface area (Å²) in [7, 11) is 1.61. The van der Waals surface area contributed by atoms with Gasteiger partial charge in [-0.1, -0.05) is 12.1 Å². The molecule has 2 aromatic rings. The quantitative estimate of drug-likeness (QED) is 0.502. The van der Waals surface area contributed by atoms with Gasteiger partial charge in [0.05, 0.1) is 7.11 Å². The van der Waals surface area contributed by atoms with E-state index in [1.165, 1.54) is 12.1 Å². The zero-order valence-corrected chi connectivity index (χ0v) is 13.0. The number of phenols is 2. The van der Waals surface area contributed by atoms with Gasteiger partial charge in [0, 0.05) is 18.3 Å². The Balaban J connectivity index is 1.81. The predicted molar refractivity (Wildman–Crippen MR) is 90.7 cm³/mol. The molecule has 0 aromatic heterocycles. The maximum absolute atomic E-state index is 9.43. The first-order chi connectivity index (χ1) is 10.6. The van der Waals surface area contributed by atoms with Crippen LogP contribution < -0.4 is 15.4 Å². The summed E-state index contributed by atoms with van der Waals surface area (Å²) in [4.78, 5) is 0. The number of phenolic OH excluding ortho intramolecular Hbond substituents is 2. The predicted octanol–water partition coefficient (Wildman–Crippen LogP) is 2.64. The van der Waals surface area contributed by atoms with Gasteiger partial charge in [-0.15, -0.1) is 0 Å². The lowest BCUT2D eigenvalue weighted by Gasteiger charge is -2.11. The molecular weight excluding hydrogens is 300 g/mol. The van der Waals surface area contributed by atoms with Gasteiger partial charge < -0.3 is 25.6 Å². The van der Waals surface area contributed by atoms with Crippen molar-refractivity contribution < 1.29 is 14.9 Å². The Morgan fingerprint density at radius 1 is 1.14 bits per heavy atom. The summed E-state index contributed by atoms with van der Waals surface area (Å²) in [6.45, 7) is 0.611. The molecule has 0 spiro atoms. The number of anilines is 1. The third-order valence-electron chi connectivity index (χ3n) is 3.07. The first-order valence-corrected chi connectivity index (χ1v) is 7.19. The summed E-state index contributed by atoms with van der Waals surface area (Å²) in [5, 5.41) is 25.4. The summed E-state index contributed by atoms with van der Waals surface area (Å²) in [5.74, 6) is 0.522. The molecule has 22 heavy (non-hydrogen) atoms. The number of thiocarbonyl (C=S) groups is 1. The van der Waals surface area contributed by atoms with Gasteiger partial charge in [-0.2, -0.15) is 0 Å². The monoisotopic (exact) mass is 318 g/mol. The van der Waals surface area contributed by atoms with Crippen molar-refractivity contribution in [2.24, 2.45) is 0 Å². The highest BCUT2D eigenvalue weighted by molar-refractivity contribution is 7.80. The second kappa shape index (κ2) is 7.51. The zero-order valence-electron chi connectivity index (χ0n) is 12.2. The topological polar surface area (TPSA) is 73.8 Å². The smallest absolute Gasteiger partial charge is 0.170 e. The minimum absolute atomic E-state index is 0.116. The van der Waals surface area contributed by atoms with Crippen LogP contribution in [-0.4, -0.2) is 29.0 Å². The molecule has 0 bridgehead atoms. The van der Waals surface area contributed by atoms with E-state index < -0.39 is 0 Å². The van der Waals surface area contributed by atoms with Crippen LogP contribution in [0.2, 0.25) is 0 Å². The fourth-order valence-electron chi connectivity index (χ4n) is 1.92. The molecule has 2 rings (SSSR count). The summed E-state index contributed by atoms with van der Waals surface area (Å²) in [6, 6.07) is 12.3. The molecule has 0 aliphatic rings. The number of nitrogens with one attached hydrogen (secondary N) is 2. The van der Waals surface area contributed by atoms with Crippen LogP contribution in [0.15, 0.2) is 42.5 Å². The Morgan fingerprint density at radius 3 is 2.68 bits per heavy atom. The van der Waals surface area contributed by atoms with Gasteiger partial charge in [0.1, 0.15) is 5.75 Å². The Labute approximate surface area is 134 Å². The highest BCUT2D eigenvalue weighted by atomic mass is 32.1. The van der Waals surface area contributed by atoms with Gasteiger partial charge in [-0.3, -0.25) is 0 Å². The molecule has 0 aliphatic carbocycles. The summed E-state index contributed by atoms with van der Waals surface area (Å²) >= 11 is 5.23. The van der Waals surface area contributed by atoms with E-state index in [0.717, 1.165) is 17.0 Å². The van der Waals surface area contributed by atoms with Gasteiger partial charge >= 0.3 is 0 Å². The van der Waals surface area contributed by atoms with Crippen molar-refractivity contribution in [3.8, 4) is 17.2 Å². The fraction of sp³-hybridized carbons (Fsp3) is 0.188. The number of ether oxygens (including phenoxy) is 1. The molecule has 6 heteroatoms. The average Bonchev–Trinajstić information content (AvgIpc) is 2.51. The molecule has 0 heterocycles. The maximum atomic E-state index is 9.43. The Hall–Kier alpha value is -2.47. The van der Waals surface area contributed by atoms with E-state index in [1.54, 1.807) is 13.2 Å². The molecule has 0 atom stereocenters. The lowest BCUT2D eigenvalue weighted by molar-refractivity contribution is 0.403. The summed E-state index contributed by atoms with van der Waals surface area (Å²) in [6.07, 6.45) is 0.674. The van der Waals surface area contributed by atoms with Crippen LogP contribution in [0.4, 0.5) is 5.69 Å². The molecule has 0 radical (unpaired) electrons.